The van der Waals surface area contributed by atoms with Gasteiger partial charge in [0, 0.05) is 32.2 Å². The average molecular weight is 334 g/mol. The molecule has 2 fully saturated rings. The second-order valence-corrected chi connectivity index (χ2v) is 8.65. The first-order chi connectivity index (χ1) is 10.0. The standard InChI is InChI=1S/C14H26N2O5S/c1-14(2,3)20-13(17)16-7-5-15(6-8-16)11-9-12(10-11)21-22(4,18)19/h11-12H,5-10H2,1-4H3/t11-,12+. The summed E-state index contributed by atoms with van der Waals surface area (Å²) in [7, 11) is -3.36. The second kappa shape index (κ2) is 6.33. The van der Waals surface area contributed by atoms with Crippen LogP contribution in [0.1, 0.15) is 33.6 Å². The fourth-order valence-corrected chi connectivity index (χ4v) is 3.41. The van der Waals surface area contributed by atoms with Crippen molar-refractivity contribution in [1.29, 1.82) is 0 Å². The Labute approximate surface area is 132 Å². The monoisotopic (exact) mass is 334 g/mol. The smallest absolute Gasteiger partial charge is 0.410 e. The zero-order chi connectivity index (χ0) is 16.5. The molecule has 0 aromatic carbocycles. The van der Waals surface area contributed by atoms with Crippen LogP contribution in [-0.2, 0) is 19.0 Å². The summed E-state index contributed by atoms with van der Waals surface area (Å²) in [6, 6.07) is 0.354. The van der Waals surface area contributed by atoms with Gasteiger partial charge < -0.3 is 9.64 Å². The first-order valence-electron chi connectivity index (χ1n) is 7.64. The number of rotatable bonds is 3. The molecule has 0 atom stereocenters. The molecule has 0 spiro atoms. The predicted molar refractivity (Wildman–Crippen MR) is 82.1 cm³/mol. The molecular formula is C14H26N2O5S. The molecule has 1 saturated heterocycles. The highest BCUT2D eigenvalue weighted by Gasteiger charge is 2.38. The molecule has 1 heterocycles. The van der Waals surface area contributed by atoms with Crippen molar-refractivity contribution in [3.63, 3.8) is 0 Å². The van der Waals surface area contributed by atoms with E-state index in [2.05, 4.69) is 4.90 Å². The van der Waals surface area contributed by atoms with Gasteiger partial charge in [0.1, 0.15) is 5.60 Å². The van der Waals surface area contributed by atoms with Crippen molar-refractivity contribution in [2.45, 2.75) is 51.4 Å². The van der Waals surface area contributed by atoms with Crippen LogP contribution in [0.5, 0.6) is 0 Å². The zero-order valence-electron chi connectivity index (χ0n) is 13.7. The zero-order valence-corrected chi connectivity index (χ0v) is 14.6. The Hall–Kier alpha value is -0.860. The summed E-state index contributed by atoms with van der Waals surface area (Å²) in [6.07, 6.45) is 2.10. The van der Waals surface area contributed by atoms with Gasteiger partial charge in [-0.2, -0.15) is 8.42 Å². The summed E-state index contributed by atoms with van der Waals surface area (Å²) in [5.74, 6) is 0. The number of carbonyl (C=O) groups is 1. The number of nitrogens with zero attached hydrogens (tertiary/aromatic N) is 2. The first kappa shape index (κ1) is 17.5. The van der Waals surface area contributed by atoms with Crippen LogP contribution in [0.15, 0.2) is 0 Å². The number of carbonyl (C=O) groups excluding carboxylic acids is 1. The van der Waals surface area contributed by atoms with E-state index in [9.17, 15) is 13.2 Å². The summed E-state index contributed by atoms with van der Waals surface area (Å²) < 4.78 is 32.4. The molecule has 8 heteroatoms. The van der Waals surface area contributed by atoms with Crippen molar-refractivity contribution in [3.8, 4) is 0 Å². The second-order valence-electron chi connectivity index (χ2n) is 7.05. The van der Waals surface area contributed by atoms with E-state index in [0.29, 0.717) is 19.1 Å². The Morgan fingerprint density at radius 2 is 1.64 bits per heavy atom. The lowest BCUT2D eigenvalue weighted by Crippen LogP contribution is -2.57. The number of hydrogen-bond donors (Lipinski definition) is 0. The molecular weight excluding hydrogens is 308 g/mol. The molecule has 22 heavy (non-hydrogen) atoms. The highest BCUT2D eigenvalue weighted by molar-refractivity contribution is 7.86. The van der Waals surface area contributed by atoms with Crippen LogP contribution in [0.3, 0.4) is 0 Å². The third-order valence-electron chi connectivity index (χ3n) is 3.86. The van der Waals surface area contributed by atoms with Gasteiger partial charge in [0.2, 0.25) is 0 Å². The molecule has 0 unspecified atom stereocenters. The van der Waals surface area contributed by atoms with Gasteiger partial charge in [-0.05, 0) is 33.6 Å². The van der Waals surface area contributed by atoms with Crippen LogP contribution in [-0.4, -0.2) is 74.5 Å². The molecule has 1 saturated carbocycles. The molecule has 0 radical (unpaired) electrons. The third kappa shape index (κ3) is 5.10. The van der Waals surface area contributed by atoms with E-state index in [1.54, 1.807) is 4.90 Å². The SMILES string of the molecule is CC(C)(C)OC(=O)N1CCN([C@H]2C[C@@H](OS(C)(=O)=O)C2)CC1. The summed E-state index contributed by atoms with van der Waals surface area (Å²) in [5.41, 5.74) is -0.474. The summed E-state index contributed by atoms with van der Waals surface area (Å²) in [5, 5.41) is 0. The van der Waals surface area contributed by atoms with E-state index in [1.165, 1.54) is 0 Å². The van der Waals surface area contributed by atoms with Crippen LogP contribution in [0.25, 0.3) is 0 Å². The lowest BCUT2D eigenvalue weighted by atomic mass is 9.88. The van der Waals surface area contributed by atoms with Gasteiger partial charge in [0.15, 0.2) is 0 Å². The lowest BCUT2D eigenvalue weighted by molar-refractivity contribution is -0.0163. The van der Waals surface area contributed by atoms with Crippen molar-refractivity contribution >= 4 is 16.2 Å². The predicted octanol–water partition coefficient (Wildman–Crippen LogP) is 1.05. The van der Waals surface area contributed by atoms with Crippen LogP contribution in [0.2, 0.25) is 0 Å². The third-order valence-corrected chi connectivity index (χ3v) is 4.48. The molecule has 2 aliphatic rings. The number of amides is 1. The van der Waals surface area contributed by atoms with Gasteiger partial charge in [-0.15, -0.1) is 0 Å². The average Bonchev–Trinajstić information content (AvgIpc) is 2.30. The Bertz CT molecular complexity index is 500. The highest BCUT2D eigenvalue weighted by Crippen LogP contribution is 2.30. The normalized spacial score (nSPS) is 27.4. The summed E-state index contributed by atoms with van der Waals surface area (Å²) in [6.45, 7) is 8.43. The maximum Gasteiger partial charge on any atom is 0.410 e. The summed E-state index contributed by atoms with van der Waals surface area (Å²) in [4.78, 5) is 16.0. The Kier molecular flexibility index (Phi) is 5.03. The van der Waals surface area contributed by atoms with Crippen molar-refractivity contribution < 1.29 is 22.1 Å². The Balaban J connectivity index is 1.72. The van der Waals surface area contributed by atoms with E-state index in [0.717, 1.165) is 32.2 Å². The summed E-state index contributed by atoms with van der Waals surface area (Å²) >= 11 is 0. The quantitative estimate of drug-likeness (QED) is 0.718. The van der Waals surface area contributed by atoms with Crippen LogP contribution >= 0.6 is 0 Å². The Morgan fingerprint density at radius 3 is 2.09 bits per heavy atom. The van der Waals surface area contributed by atoms with Crippen molar-refractivity contribution in [3.05, 3.63) is 0 Å². The van der Waals surface area contributed by atoms with E-state index in [1.807, 2.05) is 20.8 Å². The number of piperazine rings is 1. The van der Waals surface area contributed by atoms with Crippen molar-refractivity contribution in [2.24, 2.45) is 0 Å². The minimum atomic E-state index is -3.36. The molecule has 2 rings (SSSR count). The molecule has 1 aliphatic heterocycles. The highest BCUT2D eigenvalue weighted by atomic mass is 32.2. The van der Waals surface area contributed by atoms with E-state index in [-0.39, 0.29) is 12.2 Å². The first-order valence-corrected chi connectivity index (χ1v) is 9.45. The molecule has 0 bridgehead atoms. The van der Waals surface area contributed by atoms with Crippen LogP contribution in [0.4, 0.5) is 4.79 Å². The van der Waals surface area contributed by atoms with E-state index in [4.69, 9.17) is 8.92 Å². The minimum Gasteiger partial charge on any atom is -0.444 e. The molecule has 1 aliphatic carbocycles. The lowest BCUT2D eigenvalue weighted by Gasteiger charge is -2.45. The largest absolute Gasteiger partial charge is 0.444 e. The van der Waals surface area contributed by atoms with E-state index < -0.39 is 15.7 Å². The number of ether oxygens (including phenoxy) is 1. The van der Waals surface area contributed by atoms with Gasteiger partial charge >= 0.3 is 6.09 Å². The van der Waals surface area contributed by atoms with Gasteiger partial charge in [0.05, 0.1) is 12.4 Å². The van der Waals surface area contributed by atoms with Gasteiger partial charge in [0.25, 0.3) is 10.1 Å². The Morgan fingerprint density at radius 1 is 1.09 bits per heavy atom. The maximum atomic E-state index is 12.0. The molecule has 0 aromatic heterocycles. The fourth-order valence-electron chi connectivity index (χ4n) is 2.76. The number of hydrogen-bond acceptors (Lipinski definition) is 6. The maximum absolute atomic E-state index is 12.0. The van der Waals surface area contributed by atoms with Crippen LogP contribution < -0.4 is 0 Å². The van der Waals surface area contributed by atoms with Crippen LogP contribution in [0, 0.1) is 0 Å². The topological polar surface area (TPSA) is 76.2 Å². The molecule has 0 N–H and O–H groups in total. The fraction of sp³-hybridized carbons (Fsp3) is 0.929. The van der Waals surface area contributed by atoms with Gasteiger partial charge in [-0.25, -0.2) is 4.79 Å². The van der Waals surface area contributed by atoms with Crippen molar-refractivity contribution in [1.82, 2.24) is 9.80 Å². The molecule has 128 valence electrons. The molecule has 7 nitrogen and oxygen atoms in total. The van der Waals surface area contributed by atoms with Gasteiger partial charge in [-0.1, -0.05) is 0 Å². The molecule has 0 aromatic rings. The minimum absolute atomic E-state index is 0.191. The van der Waals surface area contributed by atoms with Crippen molar-refractivity contribution in [2.75, 3.05) is 32.4 Å². The van der Waals surface area contributed by atoms with E-state index >= 15 is 0 Å². The molecule has 1 amide bonds. The van der Waals surface area contributed by atoms with Gasteiger partial charge in [-0.3, -0.25) is 9.08 Å².